The van der Waals surface area contributed by atoms with Crippen molar-refractivity contribution < 1.29 is 9.21 Å². The standard InChI is InChI=1S/C14H12BrNO2/c1-10-9-11(15)4-6-13(10)16-14(17)7-5-12-3-2-8-18-12/h2-9H,1H3,(H,16,17)/b7-5+. The normalized spacial score (nSPS) is 10.8. The summed E-state index contributed by atoms with van der Waals surface area (Å²) in [6, 6.07) is 9.26. The van der Waals surface area contributed by atoms with E-state index in [1.54, 1.807) is 24.5 Å². The smallest absolute Gasteiger partial charge is 0.248 e. The molecular weight excluding hydrogens is 294 g/mol. The van der Waals surface area contributed by atoms with E-state index in [4.69, 9.17) is 4.42 Å². The molecular formula is C14H12BrNO2. The summed E-state index contributed by atoms with van der Waals surface area (Å²) in [7, 11) is 0. The maximum absolute atomic E-state index is 11.7. The van der Waals surface area contributed by atoms with Crippen molar-refractivity contribution >= 4 is 33.6 Å². The van der Waals surface area contributed by atoms with Crippen molar-refractivity contribution in [3.8, 4) is 0 Å². The van der Waals surface area contributed by atoms with Crippen LogP contribution in [0, 0.1) is 6.92 Å². The van der Waals surface area contributed by atoms with Crippen LogP contribution < -0.4 is 5.32 Å². The van der Waals surface area contributed by atoms with Gasteiger partial charge in [-0.3, -0.25) is 4.79 Å². The van der Waals surface area contributed by atoms with E-state index in [1.165, 1.54) is 6.08 Å². The number of rotatable bonds is 3. The van der Waals surface area contributed by atoms with Crippen LogP contribution >= 0.6 is 15.9 Å². The number of carbonyl (C=O) groups is 1. The molecule has 0 bridgehead atoms. The number of furan rings is 1. The van der Waals surface area contributed by atoms with Gasteiger partial charge in [0.25, 0.3) is 0 Å². The minimum atomic E-state index is -0.183. The maximum atomic E-state index is 11.7. The molecule has 1 aromatic carbocycles. The fourth-order valence-electron chi connectivity index (χ4n) is 1.49. The highest BCUT2D eigenvalue weighted by Crippen LogP contribution is 2.20. The molecule has 0 aliphatic heterocycles. The number of amides is 1. The Kier molecular flexibility index (Phi) is 3.99. The Hall–Kier alpha value is -1.81. The molecule has 1 heterocycles. The zero-order valence-electron chi connectivity index (χ0n) is 9.81. The van der Waals surface area contributed by atoms with E-state index in [-0.39, 0.29) is 5.91 Å². The van der Waals surface area contributed by atoms with Gasteiger partial charge in [-0.25, -0.2) is 0 Å². The van der Waals surface area contributed by atoms with Crippen molar-refractivity contribution in [1.82, 2.24) is 0 Å². The van der Waals surface area contributed by atoms with Crippen LogP contribution in [-0.2, 0) is 4.79 Å². The number of aryl methyl sites for hydroxylation is 1. The summed E-state index contributed by atoms with van der Waals surface area (Å²) >= 11 is 3.38. The van der Waals surface area contributed by atoms with Crippen LogP contribution in [0.5, 0.6) is 0 Å². The van der Waals surface area contributed by atoms with Crippen molar-refractivity contribution in [1.29, 1.82) is 0 Å². The molecule has 0 saturated carbocycles. The Balaban J connectivity index is 2.03. The van der Waals surface area contributed by atoms with E-state index in [0.29, 0.717) is 5.76 Å². The fraction of sp³-hybridized carbons (Fsp3) is 0.0714. The molecule has 2 aromatic rings. The summed E-state index contributed by atoms with van der Waals surface area (Å²) < 4.78 is 6.09. The molecule has 0 aliphatic carbocycles. The molecule has 4 heteroatoms. The Bertz CT molecular complexity index is 573. The lowest BCUT2D eigenvalue weighted by molar-refractivity contribution is -0.111. The third kappa shape index (κ3) is 3.34. The third-order valence-electron chi connectivity index (χ3n) is 2.39. The highest BCUT2D eigenvalue weighted by atomic mass is 79.9. The number of hydrogen-bond acceptors (Lipinski definition) is 2. The van der Waals surface area contributed by atoms with Crippen LogP contribution in [0.15, 0.2) is 51.6 Å². The minimum absolute atomic E-state index is 0.183. The first-order valence-corrected chi connectivity index (χ1v) is 6.23. The second-order valence-corrected chi connectivity index (χ2v) is 4.71. The SMILES string of the molecule is Cc1cc(Br)ccc1NC(=O)/C=C/c1ccco1. The van der Waals surface area contributed by atoms with E-state index in [9.17, 15) is 4.79 Å². The first kappa shape index (κ1) is 12.6. The number of hydrogen-bond donors (Lipinski definition) is 1. The van der Waals surface area contributed by atoms with Gasteiger partial charge in [0, 0.05) is 16.2 Å². The molecule has 18 heavy (non-hydrogen) atoms. The minimum Gasteiger partial charge on any atom is -0.465 e. The number of benzene rings is 1. The molecule has 0 fully saturated rings. The van der Waals surface area contributed by atoms with Gasteiger partial charge in [0.2, 0.25) is 5.91 Å². The Morgan fingerprint density at radius 3 is 2.89 bits per heavy atom. The zero-order valence-corrected chi connectivity index (χ0v) is 11.4. The molecule has 0 saturated heterocycles. The van der Waals surface area contributed by atoms with Crippen molar-refractivity contribution in [3.63, 3.8) is 0 Å². The zero-order chi connectivity index (χ0) is 13.0. The van der Waals surface area contributed by atoms with Crippen molar-refractivity contribution in [2.24, 2.45) is 0 Å². The van der Waals surface area contributed by atoms with E-state index < -0.39 is 0 Å². The molecule has 0 radical (unpaired) electrons. The highest BCUT2D eigenvalue weighted by Gasteiger charge is 2.02. The molecule has 2 rings (SSSR count). The van der Waals surface area contributed by atoms with Gasteiger partial charge < -0.3 is 9.73 Å². The van der Waals surface area contributed by atoms with Gasteiger partial charge in [0.05, 0.1) is 6.26 Å². The van der Waals surface area contributed by atoms with Gasteiger partial charge in [-0.15, -0.1) is 0 Å². The molecule has 0 aliphatic rings. The topological polar surface area (TPSA) is 42.2 Å². The summed E-state index contributed by atoms with van der Waals surface area (Å²) in [5.74, 6) is 0.467. The van der Waals surface area contributed by atoms with Crippen molar-refractivity contribution in [2.75, 3.05) is 5.32 Å². The Morgan fingerprint density at radius 1 is 1.39 bits per heavy atom. The lowest BCUT2D eigenvalue weighted by atomic mass is 10.2. The van der Waals surface area contributed by atoms with Gasteiger partial charge in [-0.1, -0.05) is 15.9 Å². The molecule has 1 amide bonds. The van der Waals surface area contributed by atoms with Gasteiger partial charge in [-0.05, 0) is 48.9 Å². The van der Waals surface area contributed by atoms with Crippen LogP contribution in [-0.4, -0.2) is 5.91 Å². The summed E-state index contributed by atoms with van der Waals surface area (Å²) in [6.45, 7) is 1.94. The Morgan fingerprint density at radius 2 is 2.22 bits per heavy atom. The van der Waals surface area contributed by atoms with Crippen LogP contribution in [0.25, 0.3) is 6.08 Å². The quantitative estimate of drug-likeness (QED) is 0.871. The summed E-state index contributed by atoms with van der Waals surface area (Å²) in [4.78, 5) is 11.7. The fourth-order valence-corrected chi connectivity index (χ4v) is 1.96. The van der Waals surface area contributed by atoms with E-state index in [1.807, 2.05) is 25.1 Å². The van der Waals surface area contributed by atoms with Crippen LogP contribution in [0.3, 0.4) is 0 Å². The van der Waals surface area contributed by atoms with Crippen LogP contribution in [0.4, 0.5) is 5.69 Å². The average Bonchev–Trinajstić information content (AvgIpc) is 2.83. The molecule has 1 N–H and O–H groups in total. The molecule has 0 atom stereocenters. The summed E-state index contributed by atoms with van der Waals surface area (Å²) in [6.07, 6.45) is 4.64. The monoisotopic (exact) mass is 305 g/mol. The molecule has 0 unspecified atom stereocenters. The van der Waals surface area contributed by atoms with E-state index in [0.717, 1.165) is 15.7 Å². The van der Waals surface area contributed by atoms with Gasteiger partial charge >= 0.3 is 0 Å². The third-order valence-corrected chi connectivity index (χ3v) is 2.88. The number of nitrogens with one attached hydrogen (secondary N) is 1. The predicted octanol–water partition coefficient (Wildman–Crippen LogP) is 4.00. The van der Waals surface area contributed by atoms with Crippen LogP contribution in [0.1, 0.15) is 11.3 Å². The number of halogens is 1. The first-order valence-electron chi connectivity index (χ1n) is 5.44. The average molecular weight is 306 g/mol. The van der Waals surface area contributed by atoms with Crippen LogP contribution in [0.2, 0.25) is 0 Å². The van der Waals surface area contributed by atoms with Gasteiger partial charge in [0.15, 0.2) is 0 Å². The second kappa shape index (κ2) is 5.69. The van der Waals surface area contributed by atoms with E-state index >= 15 is 0 Å². The van der Waals surface area contributed by atoms with E-state index in [2.05, 4.69) is 21.2 Å². The maximum Gasteiger partial charge on any atom is 0.248 e. The van der Waals surface area contributed by atoms with Gasteiger partial charge in [0.1, 0.15) is 5.76 Å². The summed E-state index contributed by atoms with van der Waals surface area (Å²) in [5, 5.41) is 2.81. The first-order chi connectivity index (χ1) is 8.65. The number of anilines is 1. The Labute approximate surface area is 114 Å². The number of carbonyl (C=O) groups excluding carboxylic acids is 1. The largest absolute Gasteiger partial charge is 0.465 e. The lowest BCUT2D eigenvalue weighted by Gasteiger charge is -2.06. The summed E-state index contributed by atoms with van der Waals surface area (Å²) in [5.41, 5.74) is 1.80. The predicted molar refractivity (Wildman–Crippen MR) is 75.3 cm³/mol. The van der Waals surface area contributed by atoms with Crippen molar-refractivity contribution in [2.45, 2.75) is 6.92 Å². The van der Waals surface area contributed by atoms with Gasteiger partial charge in [-0.2, -0.15) is 0 Å². The highest BCUT2D eigenvalue weighted by molar-refractivity contribution is 9.10. The molecule has 92 valence electrons. The second-order valence-electron chi connectivity index (χ2n) is 3.80. The van der Waals surface area contributed by atoms with Crippen molar-refractivity contribution in [3.05, 3.63) is 58.5 Å². The lowest BCUT2D eigenvalue weighted by Crippen LogP contribution is -2.08. The molecule has 3 nitrogen and oxygen atoms in total. The molecule has 1 aromatic heterocycles. The molecule has 0 spiro atoms.